The Hall–Kier alpha value is -0.820. The Morgan fingerprint density at radius 2 is 2.00 bits per heavy atom. The molecule has 100 valence electrons. The van der Waals surface area contributed by atoms with Gasteiger partial charge in [-0.2, -0.15) is 11.8 Å². The lowest BCUT2D eigenvalue weighted by molar-refractivity contribution is 0.584. The third-order valence-corrected chi connectivity index (χ3v) is 4.68. The molecule has 0 amide bonds. The number of hydrogen-bond donors (Lipinski definition) is 2. The second kappa shape index (κ2) is 7.58. The molecular weight excluding hydrogens is 268 g/mol. The highest BCUT2D eigenvalue weighted by Gasteiger charge is 2.12. The van der Waals surface area contributed by atoms with Crippen molar-refractivity contribution in [1.29, 1.82) is 0 Å². The van der Waals surface area contributed by atoms with Crippen molar-refractivity contribution >= 4 is 21.8 Å². The van der Waals surface area contributed by atoms with Crippen LogP contribution in [0.25, 0.3) is 0 Å². The summed E-state index contributed by atoms with van der Waals surface area (Å²) in [6.07, 6.45) is 1.80. The number of nitrogens with two attached hydrogens (primary N) is 1. The van der Waals surface area contributed by atoms with Crippen LogP contribution in [0, 0.1) is 0 Å². The predicted octanol–water partition coefficient (Wildman–Crippen LogP) is 1.34. The third-order valence-electron chi connectivity index (χ3n) is 2.24. The molecule has 6 heteroatoms. The molecule has 0 aliphatic rings. The van der Waals surface area contributed by atoms with Gasteiger partial charge in [-0.05, 0) is 17.7 Å². The minimum absolute atomic E-state index is 0.272. The second-order valence-corrected chi connectivity index (χ2v) is 6.53. The standard InChI is InChI=1S/C12H18N2O2S2/c1-2-8-17-9-7-14-18(15,16)12-5-3-11(10-13)4-6-12/h2-6,14H,1,7-10,13H2. The molecule has 0 aliphatic carbocycles. The quantitative estimate of drug-likeness (QED) is 0.559. The molecule has 0 fully saturated rings. The molecule has 3 N–H and O–H groups in total. The molecule has 1 aromatic carbocycles. The molecule has 4 nitrogen and oxygen atoms in total. The first-order valence-electron chi connectivity index (χ1n) is 5.57. The number of benzene rings is 1. The summed E-state index contributed by atoms with van der Waals surface area (Å²) < 4.78 is 26.3. The zero-order chi connectivity index (χ0) is 13.4. The molecular formula is C12H18N2O2S2. The van der Waals surface area contributed by atoms with E-state index in [1.54, 1.807) is 42.1 Å². The van der Waals surface area contributed by atoms with E-state index >= 15 is 0 Å². The molecule has 0 heterocycles. The van der Waals surface area contributed by atoms with Crippen molar-refractivity contribution in [1.82, 2.24) is 4.72 Å². The van der Waals surface area contributed by atoms with Gasteiger partial charge in [0.15, 0.2) is 0 Å². The maximum absolute atomic E-state index is 11.9. The van der Waals surface area contributed by atoms with Crippen molar-refractivity contribution in [3.63, 3.8) is 0 Å². The lowest BCUT2D eigenvalue weighted by atomic mass is 10.2. The highest BCUT2D eigenvalue weighted by atomic mass is 32.2. The second-order valence-electron chi connectivity index (χ2n) is 3.61. The van der Waals surface area contributed by atoms with Crippen LogP contribution in [0.15, 0.2) is 41.8 Å². The minimum atomic E-state index is -3.40. The minimum Gasteiger partial charge on any atom is -0.326 e. The zero-order valence-corrected chi connectivity index (χ0v) is 11.8. The lowest BCUT2D eigenvalue weighted by Gasteiger charge is -2.06. The van der Waals surface area contributed by atoms with Crippen molar-refractivity contribution in [2.24, 2.45) is 5.73 Å². The number of rotatable bonds is 8. The van der Waals surface area contributed by atoms with Gasteiger partial charge in [-0.3, -0.25) is 0 Å². The topological polar surface area (TPSA) is 72.2 Å². The molecule has 0 aromatic heterocycles. The van der Waals surface area contributed by atoms with Crippen LogP contribution in [0.5, 0.6) is 0 Å². The average molecular weight is 286 g/mol. The number of nitrogens with one attached hydrogen (secondary N) is 1. The maximum Gasteiger partial charge on any atom is 0.240 e. The van der Waals surface area contributed by atoms with E-state index in [9.17, 15) is 8.42 Å². The fourth-order valence-corrected chi connectivity index (χ4v) is 3.04. The van der Waals surface area contributed by atoms with Crippen molar-refractivity contribution in [2.45, 2.75) is 11.4 Å². The van der Waals surface area contributed by atoms with Crippen LogP contribution in [0.3, 0.4) is 0 Å². The van der Waals surface area contributed by atoms with Crippen LogP contribution >= 0.6 is 11.8 Å². The van der Waals surface area contributed by atoms with Gasteiger partial charge in [0.1, 0.15) is 0 Å². The Morgan fingerprint density at radius 1 is 1.33 bits per heavy atom. The third kappa shape index (κ3) is 4.81. The highest BCUT2D eigenvalue weighted by molar-refractivity contribution is 7.99. The summed E-state index contributed by atoms with van der Waals surface area (Å²) in [4.78, 5) is 0.272. The summed E-state index contributed by atoms with van der Waals surface area (Å²) in [6, 6.07) is 6.59. The molecule has 1 rings (SSSR count). The Bertz CT molecular complexity index is 469. The van der Waals surface area contributed by atoms with E-state index in [-0.39, 0.29) is 4.90 Å². The largest absolute Gasteiger partial charge is 0.326 e. The maximum atomic E-state index is 11.9. The summed E-state index contributed by atoms with van der Waals surface area (Å²) in [7, 11) is -3.40. The predicted molar refractivity (Wildman–Crippen MR) is 77.0 cm³/mol. The van der Waals surface area contributed by atoms with E-state index in [2.05, 4.69) is 11.3 Å². The van der Waals surface area contributed by atoms with Gasteiger partial charge in [0.05, 0.1) is 4.90 Å². The molecule has 18 heavy (non-hydrogen) atoms. The fourth-order valence-electron chi connectivity index (χ4n) is 1.30. The van der Waals surface area contributed by atoms with Gasteiger partial charge < -0.3 is 5.73 Å². The summed E-state index contributed by atoms with van der Waals surface area (Å²) in [6.45, 7) is 4.43. The monoisotopic (exact) mass is 286 g/mol. The number of thioether (sulfide) groups is 1. The first-order valence-corrected chi connectivity index (χ1v) is 8.21. The van der Waals surface area contributed by atoms with Gasteiger partial charge >= 0.3 is 0 Å². The molecule has 0 atom stereocenters. The van der Waals surface area contributed by atoms with E-state index in [0.29, 0.717) is 13.1 Å². The van der Waals surface area contributed by atoms with Crippen LogP contribution in [0.1, 0.15) is 5.56 Å². The first-order chi connectivity index (χ1) is 8.60. The Balaban J connectivity index is 2.54. The Labute approximate surface area is 113 Å². The molecule has 0 saturated carbocycles. The zero-order valence-electron chi connectivity index (χ0n) is 10.1. The van der Waals surface area contributed by atoms with Crippen LogP contribution in [-0.2, 0) is 16.6 Å². The van der Waals surface area contributed by atoms with Crippen molar-refractivity contribution in [2.75, 3.05) is 18.1 Å². The molecule has 0 saturated heterocycles. The van der Waals surface area contributed by atoms with E-state index in [4.69, 9.17) is 5.73 Å². The van der Waals surface area contributed by atoms with Crippen molar-refractivity contribution in [3.8, 4) is 0 Å². The van der Waals surface area contributed by atoms with Crippen LogP contribution in [-0.4, -0.2) is 26.5 Å². The van der Waals surface area contributed by atoms with E-state index in [1.165, 1.54) is 0 Å². The average Bonchev–Trinajstić information content (AvgIpc) is 2.38. The SMILES string of the molecule is C=CCSCCNS(=O)(=O)c1ccc(CN)cc1. The lowest BCUT2D eigenvalue weighted by Crippen LogP contribution is -2.26. The smallest absolute Gasteiger partial charge is 0.240 e. The van der Waals surface area contributed by atoms with Crippen LogP contribution in [0.4, 0.5) is 0 Å². The Kier molecular flexibility index (Phi) is 6.42. The Morgan fingerprint density at radius 3 is 2.56 bits per heavy atom. The summed E-state index contributed by atoms with van der Waals surface area (Å²) >= 11 is 1.63. The van der Waals surface area contributed by atoms with Crippen LogP contribution in [0.2, 0.25) is 0 Å². The summed E-state index contributed by atoms with van der Waals surface area (Å²) in [5, 5.41) is 0. The van der Waals surface area contributed by atoms with Crippen LogP contribution < -0.4 is 10.5 Å². The van der Waals surface area contributed by atoms with Gasteiger partial charge in [0.2, 0.25) is 10.0 Å². The van der Waals surface area contributed by atoms with Crippen molar-refractivity contribution in [3.05, 3.63) is 42.5 Å². The molecule has 0 unspecified atom stereocenters. The fraction of sp³-hybridized carbons (Fsp3) is 0.333. The van der Waals surface area contributed by atoms with E-state index in [1.807, 2.05) is 0 Å². The molecule has 0 aliphatic heterocycles. The molecule has 0 bridgehead atoms. The van der Waals surface area contributed by atoms with E-state index in [0.717, 1.165) is 17.1 Å². The number of hydrogen-bond acceptors (Lipinski definition) is 4. The van der Waals surface area contributed by atoms with E-state index < -0.39 is 10.0 Å². The molecule has 0 radical (unpaired) electrons. The molecule has 0 spiro atoms. The highest BCUT2D eigenvalue weighted by Crippen LogP contribution is 2.10. The first kappa shape index (κ1) is 15.2. The van der Waals surface area contributed by atoms with Gasteiger partial charge in [-0.25, -0.2) is 13.1 Å². The van der Waals surface area contributed by atoms with Gasteiger partial charge in [0.25, 0.3) is 0 Å². The van der Waals surface area contributed by atoms with Gasteiger partial charge in [-0.1, -0.05) is 18.2 Å². The van der Waals surface area contributed by atoms with Gasteiger partial charge in [-0.15, -0.1) is 6.58 Å². The normalized spacial score (nSPS) is 11.4. The summed E-state index contributed by atoms with van der Waals surface area (Å²) in [5.74, 6) is 1.55. The molecule has 1 aromatic rings. The van der Waals surface area contributed by atoms with Gasteiger partial charge in [0, 0.05) is 24.6 Å². The number of sulfonamides is 1. The summed E-state index contributed by atoms with van der Waals surface area (Å²) in [5.41, 5.74) is 6.37. The van der Waals surface area contributed by atoms with Crippen molar-refractivity contribution < 1.29 is 8.42 Å².